The van der Waals surface area contributed by atoms with Crippen molar-refractivity contribution in [3.8, 4) is 5.69 Å². The van der Waals surface area contributed by atoms with Crippen LogP contribution in [0.1, 0.15) is 44.5 Å². The van der Waals surface area contributed by atoms with Crippen LogP contribution in [0.4, 0.5) is 0 Å². The molecule has 0 spiro atoms. The highest BCUT2D eigenvalue weighted by Crippen LogP contribution is 2.33. The summed E-state index contributed by atoms with van der Waals surface area (Å²) in [6.07, 6.45) is 4.43. The minimum Gasteiger partial charge on any atom is -0.465 e. The molecule has 2 atom stereocenters. The van der Waals surface area contributed by atoms with E-state index in [4.69, 9.17) is 16.3 Å². The molecule has 2 saturated heterocycles. The summed E-state index contributed by atoms with van der Waals surface area (Å²) in [6, 6.07) is 7.82. The molecule has 0 N–H and O–H groups in total. The number of carbonyl (C=O) groups is 1. The minimum atomic E-state index is -0.224. The van der Waals surface area contributed by atoms with Gasteiger partial charge in [0, 0.05) is 17.1 Å². The first-order chi connectivity index (χ1) is 13.1. The Balaban J connectivity index is 1.69. The number of ether oxygens (including phenoxy) is 1. The largest absolute Gasteiger partial charge is 0.465 e. The molecular weight excluding hydrogens is 384 g/mol. The molecule has 2 fully saturated rings. The van der Waals surface area contributed by atoms with Crippen LogP contribution >= 0.6 is 23.4 Å². The second-order valence-electron chi connectivity index (χ2n) is 6.99. The molecule has 2 aliphatic heterocycles. The number of aromatic nitrogens is 3. The first-order valence-electron chi connectivity index (χ1n) is 9.42. The van der Waals surface area contributed by atoms with Crippen molar-refractivity contribution < 1.29 is 9.53 Å². The van der Waals surface area contributed by atoms with Crippen molar-refractivity contribution in [1.82, 2.24) is 19.7 Å². The number of rotatable bonds is 5. The minimum absolute atomic E-state index is 0.151. The molecule has 1 aromatic heterocycles. The first kappa shape index (κ1) is 18.8. The highest BCUT2D eigenvalue weighted by Gasteiger charge is 2.32. The van der Waals surface area contributed by atoms with Crippen molar-refractivity contribution in [2.75, 3.05) is 19.7 Å². The van der Waals surface area contributed by atoms with Crippen LogP contribution < -0.4 is 0 Å². The molecule has 2 unspecified atom stereocenters. The van der Waals surface area contributed by atoms with Gasteiger partial charge in [-0.15, -0.1) is 10.2 Å². The normalized spacial score (nSPS) is 22.0. The zero-order valence-corrected chi connectivity index (χ0v) is 16.9. The Morgan fingerprint density at radius 2 is 1.93 bits per heavy atom. The third-order valence-corrected chi connectivity index (χ3v) is 6.63. The summed E-state index contributed by atoms with van der Waals surface area (Å²) in [5.74, 6) is 0.726. The van der Waals surface area contributed by atoms with Gasteiger partial charge in [0.1, 0.15) is 5.25 Å². The lowest BCUT2D eigenvalue weighted by Gasteiger charge is -2.31. The molecule has 0 bridgehead atoms. The van der Waals surface area contributed by atoms with E-state index >= 15 is 0 Å². The van der Waals surface area contributed by atoms with Crippen LogP contribution in [0.15, 0.2) is 29.4 Å². The maximum Gasteiger partial charge on any atom is 0.319 e. The fourth-order valence-electron chi connectivity index (χ4n) is 3.64. The lowest BCUT2D eigenvalue weighted by atomic mass is 10.1. The molecule has 6 nitrogen and oxygen atoms in total. The van der Waals surface area contributed by atoms with Crippen LogP contribution in [0.25, 0.3) is 5.69 Å². The molecule has 0 amide bonds. The molecule has 27 heavy (non-hydrogen) atoms. The third kappa shape index (κ3) is 4.00. The first-order valence-corrected chi connectivity index (χ1v) is 10.7. The molecule has 0 aliphatic carbocycles. The van der Waals surface area contributed by atoms with Crippen LogP contribution in [-0.4, -0.2) is 50.6 Å². The maximum absolute atomic E-state index is 11.9. The third-order valence-electron chi connectivity index (χ3n) is 5.19. The zero-order valence-electron chi connectivity index (χ0n) is 15.3. The van der Waals surface area contributed by atoms with E-state index in [1.165, 1.54) is 31.0 Å². The van der Waals surface area contributed by atoms with E-state index in [0.29, 0.717) is 18.1 Å². The number of hydrogen-bond donors (Lipinski definition) is 0. The van der Waals surface area contributed by atoms with Crippen LogP contribution in [0.5, 0.6) is 0 Å². The van der Waals surface area contributed by atoms with E-state index < -0.39 is 0 Å². The van der Waals surface area contributed by atoms with Gasteiger partial charge in [0.15, 0.2) is 11.0 Å². The van der Waals surface area contributed by atoms with Crippen LogP contribution in [0, 0.1) is 0 Å². The molecule has 0 radical (unpaired) electrons. The molecule has 8 heteroatoms. The molecule has 3 heterocycles. The van der Waals surface area contributed by atoms with Crippen molar-refractivity contribution in [2.24, 2.45) is 0 Å². The van der Waals surface area contributed by atoms with Gasteiger partial charge in [0.2, 0.25) is 0 Å². The predicted octanol–water partition coefficient (Wildman–Crippen LogP) is 3.88. The van der Waals surface area contributed by atoms with Crippen molar-refractivity contribution in [2.45, 2.75) is 49.1 Å². The molecule has 144 valence electrons. The summed E-state index contributed by atoms with van der Waals surface area (Å²) in [4.78, 5) is 14.4. The van der Waals surface area contributed by atoms with E-state index in [1.54, 1.807) is 0 Å². The van der Waals surface area contributed by atoms with Gasteiger partial charge in [-0.25, -0.2) is 0 Å². The Hall–Kier alpha value is -1.57. The van der Waals surface area contributed by atoms with Gasteiger partial charge in [-0.2, -0.15) is 0 Å². The lowest BCUT2D eigenvalue weighted by molar-refractivity contribution is -0.137. The fraction of sp³-hybridized carbons (Fsp3) is 0.526. The van der Waals surface area contributed by atoms with Crippen molar-refractivity contribution in [3.63, 3.8) is 0 Å². The van der Waals surface area contributed by atoms with Gasteiger partial charge < -0.3 is 4.74 Å². The zero-order chi connectivity index (χ0) is 18.8. The summed E-state index contributed by atoms with van der Waals surface area (Å²) in [7, 11) is 0. The maximum atomic E-state index is 11.9. The highest BCUT2D eigenvalue weighted by molar-refractivity contribution is 8.00. The van der Waals surface area contributed by atoms with Gasteiger partial charge in [0.25, 0.3) is 0 Å². The highest BCUT2D eigenvalue weighted by atomic mass is 35.5. The Morgan fingerprint density at radius 3 is 2.59 bits per heavy atom. The van der Waals surface area contributed by atoms with Crippen molar-refractivity contribution >= 4 is 29.3 Å². The average molecular weight is 407 g/mol. The summed E-state index contributed by atoms with van der Waals surface area (Å²) >= 11 is 7.51. The van der Waals surface area contributed by atoms with E-state index in [9.17, 15) is 4.79 Å². The Labute approximate surface area is 168 Å². The van der Waals surface area contributed by atoms with Gasteiger partial charge in [-0.1, -0.05) is 29.8 Å². The number of thioether (sulfide) groups is 1. The number of carbonyl (C=O) groups excluding carboxylic acids is 1. The molecule has 4 rings (SSSR count). The van der Waals surface area contributed by atoms with Gasteiger partial charge in [0.05, 0.1) is 12.6 Å². The number of benzene rings is 1. The summed E-state index contributed by atoms with van der Waals surface area (Å²) in [6.45, 7) is 4.81. The average Bonchev–Trinajstić information content (AvgIpc) is 3.29. The number of likely N-dealkylation sites (tertiary alicyclic amines) is 1. The number of piperidine rings is 1. The quantitative estimate of drug-likeness (QED) is 0.702. The number of esters is 1. The Kier molecular flexibility index (Phi) is 5.71. The molecule has 2 aromatic rings. The Bertz CT molecular complexity index is 805. The van der Waals surface area contributed by atoms with E-state index in [2.05, 4.69) is 26.6 Å². The molecule has 2 aliphatic rings. The lowest BCUT2D eigenvalue weighted by Crippen LogP contribution is -2.33. The standard InChI is InChI=1S/C19H23ClN4O2S/c1-13(23-10-3-2-4-11-23)17-21-22-19(27-16-9-12-26-18(16)25)24(17)15-7-5-14(20)6-8-15/h5-8,13,16H,2-4,9-12H2,1H3. The monoisotopic (exact) mass is 406 g/mol. The molecule has 0 saturated carbocycles. The van der Waals surface area contributed by atoms with Crippen LogP contribution in [0.3, 0.4) is 0 Å². The molecular formula is C19H23ClN4O2S. The number of cyclic esters (lactones) is 1. The fourth-order valence-corrected chi connectivity index (χ4v) is 4.79. The molecule has 1 aromatic carbocycles. The SMILES string of the molecule is CC(c1nnc(SC2CCOC2=O)n1-c1ccc(Cl)cc1)N1CCCCC1. The smallest absolute Gasteiger partial charge is 0.319 e. The van der Waals surface area contributed by atoms with Crippen LogP contribution in [0.2, 0.25) is 5.02 Å². The Morgan fingerprint density at radius 1 is 1.19 bits per heavy atom. The second-order valence-corrected chi connectivity index (χ2v) is 8.59. The number of halogens is 1. The summed E-state index contributed by atoms with van der Waals surface area (Å²) in [5.41, 5.74) is 0.956. The summed E-state index contributed by atoms with van der Waals surface area (Å²) < 4.78 is 7.17. The van der Waals surface area contributed by atoms with Crippen LogP contribution in [-0.2, 0) is 9.53 Å². The van der Waals surface area contributed by atoms with Crippen molar-refractivity contribution in [1.29, 1.82) is 0 Å². The van der Waals surface area contributed by atoms with Gasteiger partial charge in [-0.3, -0.25) is 14.3 Å². The topological polar surface area (TPSA) is 60.3 Å². The van der Waals surface area contributed by atoms with Gasteiger partial charge in [-0.05, 0) is 57.1 Å². The van der Waals surface area contributed by atoms with Gasteiger partial charge >= 0.3 is 5.97 Å². The predicted molar refractivity (Wildman–Crippen MR) is 105 cm³/mol. The summed E-state index contributed by atoms with van der Waals surface area (Å²) in [5, 5.41) is 10.1. The van der Waals surface area contributed by atoms with E-state index in [0.717, 1.165) is 29.8 Å². The van der Waals surface area contributed by atoms with E-state index in [-0.39, 0.29) is 17.3 Å². The number of hydrogen-bond acceptors (Lipinski definition) is 6. The van der Waals surface area contributed by atoms with E-state index in [1.807, 2.05) is 24.3 Å². The van der Waals surface area contributed by atoms with Crippen molar-refractivity contribution in [3.05, 3.63) is 35.1 Å². The second kappa shape index (κ2) is 8.20. The number of nitrogens with zero attached hydrogens (tertiary/aromatic N) is 4.